The maximum Gasteiger partial charge on any atom is 0.490 e. The molecule has 0 radical (unpaired) electrons. The molecule has 198 valence electrons. The summed E-state index contributed by atoms with van der Waals surface area (Å²) in [5.74, 6) is -3.09. The molecule has 1 fully saturated rings. The minimum Gasteiger partial charge on any atom is -0.475 e. The van der Waals surface area contributed by atoms with Gasteiger partial charge in [-0.15, -0.1) is 0 Å². The smallest absolute Gasteiger partial charge is 0.475 e. The molecule has 2 aliphatic carbocycles. The topological polar surface area (TPSA) is 93.9 Å². The van der Waals surface area contributed by atoms with Gasteiger partial charge in [-0.1, -0.05) is 12.1 Å². The molecule has 0 saturated heterocycles. The van der Waals surface area contributed by atoms with Crippen molar-refractivity contribution in [3.63, 3.8) is 0 Å². The van der Waals surface area contributed by atoms with Gasteiger partial charge in [0.2, 0.25) is 0 Å². The summed E-state index contributed by atoms with van der Waals surface area (Å²) in [6.07, 6.45) is 1.13. The number of aliphatic carboxylic acids is 1. The number of nitriles is 1. The number of benzene rings is 1. The number of fused-ring (bicyclic) bond motifs is 1. The van der Waals surface area contributed by atoms with Crippen molar-refractivity contribution >= 4 is 17.3 Å². The first kappa shape index (κ1) is 28.1. The Labute approximate surface area is 211 Å². The van der Waals surface area contributed by atoms with Crippen LogP contribution in [0.15, 0.2) is 53.4 Å². The van der Waals surface area contributed by atoms with E-state index in [2.05, 4.69) is 11.0 Å². The average Bonchev–Trinajstić information content (AvgIpc) is 3.66. The SMILES string of the molecule is CN(C)CCCOC1C=C2C(=CN(C3CC3)C(C#N)=C2c2cccc(F)c2)CC1=O.O=C(O)C(F)(F)F. The number of carbonyl (C=O) groups excluding carboxylic acids is 1. The van der Waals surface area contributed by atoms with E-state index < -0.39 is 18.2 Å². The van der Waals surface area contributed by atoms with Crippen LogP contribution in [0.2, 0.25) is 0 Å². The number of nitrogens with zero attached hydrogens (tertiary/aromatic N) is 3. The summed E-state index contributed by atoms with van der Waals surface area (Å²) in [7, 11) is 4.00. The minimum absolute atomic E-state index is 0.0181. The van der Waals surface area contributed by atoms with Crippen molar-refractivity contribution in [1.82, 2.24) is 9.80 Å². The molecule has 1 aliphatic heterocycles. The van der Waals surface area contributed by atoms with E-state index >= 15 is 0 Å². The first-order valence-electron chi connectivity index (χ1n) is 11.6. The quantitative estimate of drug-likeness (QED) is 0.423. The molecule has 3 aliphatic rings. The fraction of sp³-hybridized carbons (Fsp3) is 0.423. The van der Waals surface area contributed by atoms with E-state index in [4.69, 9.17) is 14.6 Å². The Hall–Kier alpha value is -3.49. The van der Waals surface area contributed by atoms with Crippen molar-refractivity contribution < 1.29 is 37.0 Å². The molecule has 1 saturated carbocycles. The lowest BCUT2D eigenvalue weighted by Crippen LogP contribution is -2.32. The second-order valence-electron chi connectivity index (χ2n) is 9.11. The highest BCUT2D eigenvalue weighted by atomic mass is 19.4. The molecule has 11 heteroatoms. The van der Waals surface area contributed by atoms with Gasteiger partial charge in [0.25, 0.3) is 0 Å². The Morgan fingerprint density at radius 3 is 2.51 bits per heavy atom. The average molecular weight is 522 g/mol. The van der Waals surface area contributed by atoms with Crippen LogP contribution in [0.4, 0.5) is 17.6 Å². The van der Waals surface area contributed by atoms with Gasteiger partial charge >= 0.3 is 12.1 Å². The summed E-state index contributed by atoms with van der Waals surface area (Å²) < 4.78 is 51.6. The highest BCUT2D eigenvalue weighted by molar-refractivity contribution is 5.98. The van der Waals surface area contributed by atoms with Crippen LogP contribution in [0.3, 0.4) is 0 Å². The van der Waals surface area contributed by atoms with E-state index in [0.717, 1.165) is 37.0 Å². The van der Waals surface area contributed by atoms with Crippen LogP contribution in [0.1, 0.15) is 31.2 Å². The molecule has 1 aromatic rings. The van der Waals surface area contributed by atoms with E-state index in [9.17, 15) is 27.6 Å². The standard InChI is InChI=1S/C24H26FN3O2.C2HF3O2/c1-27(2)9-4-10-30-23-13-20-17(12-22(23)29)15-28(19-7-8-19)21(14-26)24(20)16-5-3-6-18(25)11-16;3-2(4,5)1(6)7/h3,5-6,11,13,15,19,23H,4,7-10,12H2,1-2H3;(H,6,7). The van der Waals surface area contributed by atoms with Crippen molar-refractivity contribution in [1.29, 1.82) is 5.26 Å². The Balaban J connectivity index is 0.000000479. The summed E-state index contributed by atoms with van der Waals surface area (Å²) in [4.78, 5) is 25.7. The monoisotopic (exact) mass is 521 g/mol. The fourth-order valence-corrected chi connectivity index (χ4v) is 4.01. The molecule has 1 unspecified atom stereocenters. The van der Waals surface area contributed by atoms with Gasteiger partial charge in [0.1, 0.15) is 23.7 Å². The van der Waals surface area contributed by atoms with Crippen LogP contribution in [-0.4, -0.2) is 72.2 Å². The molecule has 37 heavy (non-hydrogen) atoms. The number of alkyl halides is 3. The highest BCUT2D eigenvalue weighted by Gasteiger charge is 2.39. The first-order valence-corrected chi connectivity index (χ1v) is 11.6. The lowest BCUT2D eigenvalue weighted by molar-refractivity contribution is -0.192. The molecule has 0 spiro atoms. The second-order valence-corrected chi connectivity index (χ2v) is 9.11. The number of ether oxygens (including phenoxy) is 1. The molecule has 0 amide bonds. The van der Waals surface area contributed by atoms with Crippen LogP contribution >= 0.6 is 0 Å². The predicted octanol–water partition coefficient (Wildman–Crippen LogP) is 4.29. The number of hydrogen-bond donors (Lipinski definition) is 1. The predicted molar refractivity (Wildman–Crippen MR) is 126 cm³/mol. The molecular formula is C26H27F4N3O4. The van der Waals surface area contributed by atoms with Gasteiger partial charge in [0.05, 0.1) is 0 Å². The number of carboxylic acid groups (broad SMARTS) is 1. The summed E-state index contributed by atoms with van der Waals surface area (Å²) >= 11 is 0. The fourth-order valence-electron chi connectivity index (χ4n) is 4.01. The van der Waals surface area contributed by atoms with Crippen LogP contribution in [0.5, 0.6) is 0 Å². The number of ketones is 1. The zero-order valence-corrected chi connectivity index (χ0v) is 20.4. The second kappa shape index (κ2) is 11.7. The zero-order valence-electron chi connectivity index (χ0n) is 20.4. The van der Waals surface area contributed by atoms with Crippen molar-refractivity contribution in [2.24, 2.45) is 0 Å². The number of carboxylic acids is 1. The van der Waals surface area contributed by atoms with Crippen molar-refractivity contribution in [3.8, 4) is 6.07 Å². The molecule has 1 aromatic carbocycles. The number of carbonyl (C=O) groups is 2. The largest absolute Gasteiger partial charge is 0.490 e. The Kier molecular flexibility index (Phi) is 8.89. The number of Topliss-reactive ketones (excluding diaryl/α,β-unsaturated/α-hetero) is 1. The molecule has 1 atom stereocenters. The van der Waals surface area contributed by atoms with E-state index in [1.807, 2.05) is 37.3 Å². The van der Waals surface area contributed by atoms with Crippen LogP contribution in [-0.2, 0) is 14.3 Å². The number of rotatable bonds is 7. The highest BCUT2D eigenvalue weighted by Crippen LogP contribution is 2.44. The van der Waals surface area contributed by atoms with Crippen molar-refractivity contribution in [2.45, 2.75) is 44.0 Å². The maximum absolute atomic E-state index is 14.0. The van der Waals surface area contributed by atoms with Crippen LogP contribution in [0.25, 0.3) is 5.57 Å². The van der Waals surface area contributed by atoms with Crippen LogP contribution < -0.4 is 0 Å². The zero-order chi connectivity index (χ0) is 27.3. The van der Waals surface area contributed by atoms with Gasteiger partial charge < -0.3 is 19.6 Å². The minimum atomic E-state index is -5.08. The number of hydrogen-bond acceptors (Lipinski definition) is 6. The lowest BCUT2D eigenvalue weighted by atomic mass is 9.81. The Morgan fingerprint density at radius 2 is 1.97 bits per heavy atom. The third kappa shape index (κ3) is 7.27. The normalized spacial score (nSPS) is 19.5. The van der Waals surface area contributed by atoms with Crippen molar-refractivity contribution in [3.05, 3.63) is 64.8 Å². The van der Waals surface area contributed by atoms with E-state index in [1.165, 1.54) is 12.1 Å². The van der Waals surface area contributed by atoms with E-state index in [1.54, 1.807) is 6.07 Å². The summed E-state index contributed by atoms with van der Waals surface area (Å²) in [6.45, 7) is 1.36. The third-order valence-electron chi connectivity index (χ3n) is 5.85. The molecule has 1 heterocycles. The van der Waals surface area contributed by atoms with Gasteiger partial charge in [-0.3, -0.25) is 4.79 Å². The Bertz CT molecular complexity index is 1180. The van der Waals surface area contributed by atoms with Gasteiger partial charge in [-0.05, 0) is 74.8 Å². The third-order valence-corrected chi connectivity index (χ3v) is 5.85. The molecule has 0 aromatic heterocycles. The van der Waals surface area contributed by atoms with Gasteiger partial charge in [0.15, 0.2) is 5.78 Å². The van der Waals surface area contributed by atoms with Crippen LogP contribution in [0, 0.1) is 17.1 Å². The summed E-state index contributed by atoms with van der Waals surface area (Å²) in [6, 6.07) is 8.91. The van der Waals surface area contributed by atoms with Gasteiger partial charge in [-0.25, -0.2) is 9.18 Å². The molecule has 7 nitrogen and oxygen atoms in total. The van der Waals surface area contributed by atoms with E-state index in [0.29, 0.717) is 23.4 Å². The lowest BCUT2D eigenvalue weighted by Gasteiger charge is -2.34. The molecular weight excluding hydrogens is 494 g/mol. The molecule has 1 N–H and O–H groups in total. The van der Waals surface area contributed by atoms with Gasteiger partial charge in [0, 0.05) is 30.8 Å². The number of allylic oxidation sites excluding steroid dienone is 4. The van der Waals surface area contributed by atoms with E-state index in [-0.39, 0.29) is 24.1 Å². The van der Waals surface area contributed by atoms with Gasteiger partial charge in [-0.2, -0.15) is 18.4 Å². The molecule has 0 bridgehead atoms. The molecule has 4 rings (SSSR count). The maximum atomic E-state index is 14.0. The summed E-state index contributed by atoms with van der Waals surface area (Å²) in [5, 5.41) is 17.1. The number of halogens is 4. The first-order chi connectivity index (χ1) is 17.4. The Morgan fingerprint density at radius 1 is 1.30 bits per heavy atom. The van der Waals surface area contributed by atoms with Crippen molar-refractivity contribution in [2.75, 3.05) is 27.2 Å². The summed E-state index contributed by atoms with van der Waals surface area (Å²) in [5.41, 5.74) is 3.54.